The van der Waals surface area contributed by atoms with E-state index < -0.39 is 0 Å². The first-order chi connectivity index (χ1) is 9.04. The maximum absolute atomic E-state index is 12.2. The highest BCUT2D eigenvalue weighted by atomic mass is 16.1. The number of carbonyl (C=O) groups excluding carboxylic acids is 1. The lowest BCUT2D eigenvalue weighted by Crippen LogP contribution is -2.10. The lowest BCUT2D eigenvalue weighted by molar-refractivity contribution is 0.0968. The molecule has 2 heterocycles. The lowest BCUT2D eigenvalue weighted by atomic mass is 10.1. The van der Waals surface area contributed by atoms with Gasteiger partial charge < -0.3 is 4.57 Å². The molecule has 0 saturated heterocycles. The van der Waals surface area contributed by atoms with Crippen LogP contribution in [-0.2, 0) is 20.0 Å². The average Bonchev–Trinajstić information content (AvgIpc) is 2.94. The molecule has 0 aromatic carbocycles. The van der Waals surface area contributed by atoms with Crippen LogP contribution in [0, 0.1) is 13.8 Å². The molecule has 0 radical (unpaired) electrons. The van der Waals surface area contributed by atoms with Crippen LogP contribution in [-0.4, -0.2) is 25.1 Å². The first-order valence-electron chi connectivity index (χ1n) is 6.58. The van der Waals surface area contributed by atoms with Gasteiger partial charge >= 0.3 is 0 Å². The number of ketones is 1. The predicted octanol–water partition coefficient (Wildman–Crippen LogP) is 2.07. The summed E-state index contributed by atoms with van der Waals surface area (Å²) in [7, 11) is 1.93. The Hall–Kier alpha value is -1.91. The third-order valence-corrected chi connectivity index (χ3v) is 3.57. The van der Waals surface area contributed by atoms with Crippen molar-refractivity contribution >= 4 is 5.78 Å². The Bertz CT molecular complexity index is 595. The summed E-state index contributed by atoms with van der Waals surface area (Å²) in [5.41, 5.74) is 3.31. The highest BCUT2D eigenvalue weighted by Gasteiger charge is 2.15. The summed E-state index contributed by atoms with van der Waals surface area (Å²) in [6.07, 6.45) is 4.72. The summed E-state index contributed by atoms with van der Waals surface area (Å²) >= 11 is 0. The van der Waals surface area contributed by atoms with Crippen LogP contribution in [0.25, 0.3) is 0 Å². The molecule has 0 bridgehead atoms. The quantitative estimate of drug-likeness (QED) is 0.773. The van der Waals surface area contributed by atoms with E-state index in [9.17, 15) is 4.79 Å². The molecule has 0 fully saturated rings. The SMILES string of the molecule is CCn1ccnc1C(=O)CCc1c(C)nn(C)c1C. The topological polar surface area (TPSA) is 52.7 Å². The fourth-order valence-electron chi connectivity index (χ4n) is 2.35. The Labute approximate surface area is 113 Å². The van der Waals surface area contributed by atoms with Crippen molar-refractivity contribution < 1.29 is 4.79 Å². The van der Waals surface area contributed by atoms with Crippen LogP contribution in [0.3, 0.4) is 0 Å². The molecule has 2 rings (SSSR count). The number of nitrogens with zero attached hydrogens (tertiary/aromatic N) is 4. The van der Waals surface area contributed by atoms with E-state index in [0.717, 1.165) is 24.4 Å². The first kappa shape index (κ1) is 13.5. The minimum Gasteiger partial charge on any atom is -0.329 e. The van der Waals surface area contributed by atoms with Gasteiger partial charge in [0.05, 0.1) is 5.69 Å². The summed E-state index contributed by atoms with van der Waals surface area (Å²) in [6.45, 7) is 6.80. The van der Waals surface area contributed by atoms with Gasteiger partial charge in [-0.3, -0.25) is 9.48 Å². The molecule has 102 valence electrons. The smallest absolute Gasteiger partial charge is 0.198 e. The molecule has 5 heteroatoms. The zero-order valence-corrected chi connectivity index (χ0v) is 12.0. The molecule has 0 saturated carbocycles. The number of aromatic nitrogens is 4. The van der Waals surface area contributed by atoms with Crippen molar-refractivity contribution in [3.8, 4) is 0 Å². The lowest BCUT2D eigenvalue weighted by Gasteiger charge is -2.04. The Morgan fingerprint density at radius 2 is 2.11 bits per heavy atom. The molecule has 2 aromatic rings. The molecular weight excluding hydrogens is 240 g/mol. The van der Waals surface area contributed by atoms with Crippen molar-refractivity contribution in [2.24, 2.45) is 7.05 Å². The van der Waals surface area contributed by atoms with Crippen molar-refractivity contribution in [3.63, 3.8) is 0 Å². The summed E-state index contributed by atoms with van der Waals surface area (Å²) in [6, 6.07) is 0. The minimum atomic E-state index is 0.0921. The Balaban J connectivity index is 2.09. The van der Waals surface area contributed by atoms with Crippen molar-refractivity contribution in [2.75, 3.05) is 0 Å². The Kier molecular flexibility index (Phi) is 3.83. The first-order valence-corrected chi connectivity index (χ1v) is 6.58. The van der Waals surface area contributed by atoms with Crippen LogP contribution >= 0.6 is 0 Å². The standard InChI is InChI=1S/C14H20N4O/c1-5-18-9-8-15-14(18)13(19)7-6-12-10(2)16-17(4)11(12)3/h8-9H,5-7H2,1-4H3. The van der Waals surface area contributed by atoms with E-state index in [-0.39, 0.29) is 5.78 Å². The fraction of sp³-hybridized carbons (Fsp3) is 0.500. The minimum absolute atomic E-state index is 0.0921. The van der Waals surface area contributed by atoms with Crippen LogP contribution in [0.2, 0.25) is 0 Å². The van der Waals surface area contributed by atoms with Gasteiger partial charge in [0.2, 0.25) is 0 Å². The number of aryl methyl sites for hydroxylation is 3. The van der Waals surface area contributed by atoms with E-state index in [1.165, 1.54) is 5.56 Å². The predicted molar refractivity (Wildman–Crippen MR) is 73.2 cm³/mol. The molecule has 0 aliphatic rings. The average molecular weight is 260 g/mol. The zero-order chi connectivity index (χ0) is 14.0. The number of Topliss-reactive ketones (excluding diaryl/α,β-unsaturated/α-hetero) is 1. The molecule has 19 heavy (non-hydrogen) atoms. The van der Waals surface area contributed by atoms with E-state index in [4.69, 9.17) is 0 Å². The molecule has 0 aliphatic heterocycles. The maximum Gasteiger partial charge on any atom is 0.198 e. The third-order valence-electron chi connectivity index (χ3n) is 3.57. The second kappa shape index (κ2) is 5.38. The molecule has 5 nitrogen and oxygen atoms in total. The Morgan fingerprint density at radius 3 is 2.68 bits per heavy atom. The zero-order valence-electron chi connectivity index (χ0n) is 12.0. The van der Waals surface area contributed by atoms with Crippen LogP contribution < -0.4 is 0 Å². The molecular formula is C14H20N4O. The highest BCUT2D eigenvalue weighted by molar-refractivity contribution is 5.92. The summed E-state index contributed by atoms with van der Waals surface area (Å²) in [4.78, 5) is 16.3. The molecule has 0 aliphatic carbocycles. The number of carbonyl (C=O) groups is 1. The molecule has 0 unspecified atom stereocenters. The summed E-state index contributed by atoms with van der Waals surface area (Å²) < 4.78 is 3.74. The van der Waals surface area contributed by atoms with Gasteiger partial charge in [-0.1, -0.05) is 0 Å². The molecule has 0 atom stereocenters. The van der Waals surface area contributed by atoms with Crippen molar-refractivity contribution in [3.05, 3.63) is 35.2 Å². The molecule has 2 aromatic heterocycles. The normalized spacial score (nSPS) is 10.9. The van der Waals surface area contributed by atoms with Gasteiger partial charge in [0.15, 0.2) is 11.6 Å². The van der Waals surface area contributed by atoms with Gasteiger partial charge in [-0.05, 0) is 32.8 Å². The fourth-order valence-corrected chi connectivity index (χ4v) is 2.35. The largest absolute Gasteiger partial charge is 0.329 e. The van der Waals surface area contributed by atoms with Gasteiger partial charge in [0, 0.05) is 38.1 Å². The van der Waals surface area contributed by atoms with Gasteiger partial charge in [0.1, 0.15) is 0 Å². The third kappa shape index (κ3) is 2.59. The second-order valence-electron chi connectivity index (χ2n) is 4.73. The van der Waals surface area contributed by atoms with Crippen LogP contribution in [0.5, 0.6) is 0 Å². The van der Waals surface area contributed by atoms with Crippen LogP contribution in [0.4, 0.5) is 0 Å². The molecule has 0 amide bonds. The van der Waals surface area contributed by atoms with Gasteiger partial charge in [-0.15, -0.1) is 0 Å². The van der Waals surface area contributed by atoms with Gasteiger partial charge in [-0.2, -0.15) is 5.10 Å². The maximum atomic E-state index is 12.2. The van der Waals surface area contributed by atoms with Crippen molar-refractivity contribution in [1.82, 2.24) is 19.3 Å². The number of rotatable bonds is 5. The van der Waals surface area contributed by atoms with Crippen LogP contribution in [0.1, 0.15) is 40.9 Å². The molecule has 0 spiro atoms. The highest BCUT2D eigenvalue weighted by Crippen LogP contribution is 2.15. The number of hydrogen-bond acceptors (Lipinski definition) is 3. The second-order valence-corrected chi connectivity index (χ2v) is 4.73. The Morgan fingerprint density at radius 1 is 1.37 bits per heavy atom. The van der Waals surface area contributed by atoms with Crippen molar-refractivity contribution in [2.45, 2.75) is 40.2 Å². The summed E-state index contributed by atoms with van der Waals surface area (Å²) in [5.74, 6) is 0.649. The summed E-state index contributed by atoms with van der Waals surface area (Å²) in [5, 5.41) is 4.37. The number of hydrogen-bond donors (Lipinski definition) is 0. The van der Waals surface area contributed by atoms with E-state index >= 15 is 0 Å². The number of imidazole rings is 1. The van der Waals surface area contributed by atoms with E-state index in [2.05, 4.69) is 10.1 Å². The monoisotopic (exact) mass is 260 g/mol. The van der Waals surface area contributed by atoms with E-state index in [1.807, 2.05) is 43.3 Å². The van der Waals surface area contributed by atoms with Crippen molar-refractivity contribution in [1.29, 1.82) is 0 Å². The van der Waals surface area contributed by atoms with Gasteiger partial charge in [-0.25, -0.2) is 4.98 Å². The van der Waals surface area contributed by atoms with Gasteiger partial charge in [0.25, 0.3) is 0 Å². The van der Waals surface area contributed by atoms with E-state index in [1.54, 1.807) is 6.20 Å². The molecule has 0 N–H and O–H groups in total. The van der Waals surface area contributed by atoms with Crippen LogP contribution in [0.15, 0.2) is 12.4 Å². The van der Waals surface area contributed by atoms with E-state index in [0.29, 0.717) is 12.2 Å².